The lowest BCUT2D eigenvalue weighted by atomic mass is 10.1. The van der Waals surface area contributed by atoms with E-state index in [1.165, 1.54) is 11.3 Å². The number of unbranched alkanes of at least 4 members (excludes halogenated alkanes) is 1. The summed E-state index contributed by atoms with van der Waals surface area (Å²) in [6, 6.07) is 14.0. The lowest BCUT2D eigenvalue weighted by Gasteiger charge is -2.09. The van der Waals surface area contributed by atoms with Crippen molar-refractivity contribution in [1.29, 1.82) is 0 Å². The van der Waals surface area contributed by atoms with Crippen LogP contribution in [-0.4, -0.2) is 17.7 Å². The number of hydrogen-bond donors (Lipinski definition) is 2. The number of rotatable bonds is 6. The first kappa shape index (κ1) is 16.3. The SMILES string of the molecule is CCCCOC(=O)c1c(O)csc1Nc1ccc2ccccc2c1. The van der Waals surface area contributed by atoms with Gasteiger partial charge >= 0.3 is 5.97 Å². The molecule has 0 aliphatic carbocycles. The number of thiophene rings is 1. The average molecular weight is 341 g/mol. The van der Waals surface area contributed by atoms with Gasteiger partial charge in [-0.1, -0.05) is 43.7 Å². The Bertz CT molecular complexity index is 857. The maximum Gasteiger partial charge on any atom is 0.344 e. The lowest BCUT2D eigenvalue weighted by Crippen LogP contribution is -2.07. The van der Waals surface area contributed by atoms with Gasteiger partial charge in [0.05, 0.1) is 6.61 Å². The van der Waals surface area contributed by atoms with Gasteiger partial charge in [-0.05, 0) is 29.3 Å². The number of esters is 1. The minimum Gasteiger partial charge on any atom is -0.506 e. The first-order valence-electron chi connectivity index (χ1n) is 7.92. The van der Waals surface area contributed by atoms with Gasteiger partial charge in [0.1, 0.15) is 16.3 Å². The van der Waals surface area contributed by atoms with Crippen LogP contribution in [0.25, 0.3) is 10.8 Å². The Balaban J connectivity index is 1.82. The molecule has 3 aromatic rings. The molecule has 0 aliphatic heterocycles. The summed E-state index contributed by atoms with van der Waals surface area (Å²) in [6.45, 7) is 2.39. The van der Waals surface area contributed by atoms with Crippen molar-refractivity contribution in [3.05, 3.63) is 53.4 Å². The van der Waals surface area contributed by atoms with E-state index >= 15 is 0 Å². The van der Waals surface area contributed by atoms with E-state index in [9.17, 15) is 9.90 Å². The highest BCUT2D eigenvalue weighted by molar-refractivity contribution is 7.15. The highest BCUT2D eigenvalue weighted by atomic mass is 32.1. The van der Waals surface area contributed by atoms with Gasteiger partial charge < -0.3 is 15.2 Å². The fraction of sp³-hybridized carbons (Fsp3) is 0.211. The Labute approximate surface area is 144 Å². The standard InChI is InChI=1S/C19H19NO3S/c1-2-3-10-23-19(22)17-16(21)12-24-18(17)20-15-9-8-13-6-4-5-7-14(13)11-15/h4-9,11-12,20-21H,2-3,10H2,1H3. The first-order valence-corrected chi connectivity index (χ1v) is 8.80. The Morgan fingerprint density at radius 1 is 1.21 bits per heavy atom. The molecule has 0 bridgehead atoms. The van der Waals surface area contributed by atoms with E-state index in [1.807, 2.05) is 49.4 Å². The molecule has 0 atom stereocenters. The molecule has 124 valence electrons. The maximum atomic E-state index is 12.2. The van der Waals surface area contributed by atoms with Crippen LogP contribution < -0.4 is 5.32 Å². The van der Waals surface area contributed by atoms with Crippen LogP contribution in [0.1, 0.15) is 30.1 Å². The average Bonchev–Trinajstić information content (AvgIpc) is 2.95. The molecular weight excluding hydrogens is 322 g/mol. The van der Waals surface area contributed by atoms with Crippen molar-refractivity contribution in [2.24, 2.45) is 0 Å². The van der Waals surface area contributed by atoms with Crippen LogP contribution in [0.3, 0.4) is 0 Å². The molecule has 4 nitrogen and oxygen atoms in total. The fourth-order valence-electron chi connectivity index (χ4n) is 2.42. The minimum absolute atomic E-state index is 0.0511. The first-order chi connectivity index (χ1) is 11.7. The third-order valence-electron chi connectivity index (χ3n) is 3.71. The molecule has 0 unspecified atom stereocenters. The number of nitrogens with one attached hydrogen (secondary N) is 1. The van der Waals surface area contributed by atoms with Crippen molar-refractivity contribution in [1.82, 2.24) is 0 Å². The van der Waals surface area contributed by atoms with Crippen molar-refractivity contribution in [2.75, 3.05) is 11.9 Å². The number of carbonyl (C=O) groups excluding carboxylic acids is 1. The highest BCUT2D eigenvalue weighted by Gasteiger charge is 2.20. The van der Waals surface area contributed by atoms with Crippen LogP contribution in [0.5, 0.6) is 5.75 Å². The van der Waals surface area contributed by atoms with E-state index < -0.39 is 5.97 Å². The molecule has 24 heavy (non-hydrogen) atoms. The third kappa shape index (κ3) is 3.51. The molecule has 5 heteroatoms. The largest absolute Gasteiger partial charge is 0.506 e. The number of carbonyl (C=O) groups is 1. The van der Waals surface area contributed by atoms with Crippen LogP contribution in [0, 0.1) is 0 Å². The zero-order valence-electron chi connectivity index (χ0n) is 13.4. The summed E-state index contributed by atoms with van der Waals surface area (Å²) in [5.41, 5.74) is 1.06. The molecule has 0 fully saturated rings. The van der Waals surface area contributed by atoms with Gasteiger partial charge in [0.15, 0.2) is 0 Å². The van der Waals surface area contributed by atoms with Gasteiger partial charge in [-0.3, -0.25) is 0 Å². The van der Waals surface area contributed by atoms with Crippen molar-refractivity contribution < 1.29 is 14.6 Å². The molecule has 1 aromatic heterocycles. The van der Waals surface area contributed by atoms with Gasteiger partial charge in [0.2, 0.25) is 0 Å². The number of anilines is 2. The van der Waals surface area contributed by atoms with Crippen molar-refractivity contribution in [3.63, 3.8) is 0 Å². The van der Waals surface area contributed by atoms with Crippen LogP contribution in [0.2, 0.25) is 0 Å². The van der Waals surface area contributed by atoms with E-state index in [0.29, 0.717) is 11.6 Å². The summed E-state index contributed by atoms with van der Waals surface area (Å²) in [5, 5.41) is 17.6. The fourth-order valence-corrected chi connectivity index (χ4v) is 3.25. The second-order valence-corrected chi connectivity index (χ2v) is 6.38. The molecule has 0 saturated carbocycles. The molecule has 3 rings (SSSR count). The van der Waals surface area contributed by atoms with Crippen molar-refractivity contribution in [2.45, 2.75) is 19.8 Å². The number of hydrogen-bond acceptors (Lipinski definition) is 5. The number of aromatic hydroxyl groups is 1. The van der Waals surface area contributed by atoms with Crippen molar-refractivity contribution >= 4 is 38.8 Å². The summed E-state index contributed by atoms with van der Waals surface area (Å²) in [5.74, 6) is -0.546. The Morgan fingerprint density at radius 3 is 2.79 bits per heavy atom. The smallest absolute Gasteiger partial charge is 0.344 e. The topological polar surface area (TPSA) is 58.6 Å². The lowest BCUT2D eigenvalue weighted by molar-refractivity contribution is 0.0498. The van der Waals surface area contributed by atoms with E-state index in [4.69, 9.17) is 4.74 Å². The van der Waals surface area contributed by atoms with Crippen LogP contribution in [0.15, 0.2) is 47.8 Å². The number of ether oxygens (including phenoxy) is 1. The molecule has 0 spiro atoms. The maximum absolute atomic E-state index is 12.2. The summed E-state index contributed by atoms with van der Waals surface area (Å²) < 4.78 is 5.22. The molecular formula is C19H19NO3S. The predicted octanol–water partition coefficient (Wildman–Crippen LogP) is 5.31. The number of fused-ring (bicyclic) bond motifs is 1. The Hall–Kier alpha value is -2.53. The predicted molar refractivity (Wildman–Crippen MR) is 98.4 cm³/mol. The molecule has 0 radical (unpaired) electrons. The Morgan fingerprint density at radius 2 is 2.00 bits per heavy atom. The third-order valence-corrected chi connectivity index (χ3v) is 4.60. The molecule has 2 aromatic carbocycles. The van der Waals surface area contributed by atoms with Gasteiger partial charge in [0.25, 0.3) is 0 Å². The second-order valence-electron chi connectivity index (χ2n) is 5.50. The molecule has 1 heterocycles. The molecule has 2 N–H and O–H groups in total. The second kappa shape index (κ2) is 7.36. The van der Waals surface area contributed by atoms with Crippen LogP contribution in [-0.2, 0) is 4.74 Å². The van der Waals surface area contributed by atoms with E-state index in [0.717, 1.165) is 29.3 Å². The monoisotopic (exact) mass is 341 g/mol. The minimum atomic E-state index is -0.495. The zero-order valence-corrected chi connectivity index (χ0v) is 14.2. The van der Waals surface area contributed by atoms with Crippen molar-refractivity contribution in [3.8, 4) is 5.75 Å². The quantitative estimate of drug-likeness (QED) is 0.471. The number of benzene rings is 2. The van der Waals surface area contributed by atoms with Gasteiger partial charge in [0, 0.05) is 11.1 Å². The van der Waals surface area contributed by atoms with E-state index in [2.05, 4.69) is 5.32 Å². The molecule has 0 amide bonds. The Kier molecular flexibility index (Phi) is 5.01. The zero-order chi connectivity index (χ0) is 16.9. The van der Waals surface area contributed by atoms with E-state index in [-0.39, 0.29) is 11.3 Å². The summed E-state index contributed by atoms with van der Waals surface area (Å²) in [7, 11) is 0. The van der Waals surface area contributed by atoms with Crippen LogP contribution >= 0.6 is 11.3 Å². The van der Waals surface area contributed by atoms with Gasteiger partial charge in [-0.25, -0.2) is 4.79 Å². The van der Waals surface area contributed by atoms with Gasteiger partial charge in [-0.15, -0.1) is 11.3 Å². The molecule has 0 saturated heterocycles. The molecule has 0 aliphatic rings. The summed E-state index contributed by atoms with van der Waals surface area (Å²) in [6.07, 6.45) is 1.76. The van der Waals surface area contributed by atoms with E-state index in [1.54, 1.807) is 5.38 Å². The summed E-state index contributed by atoms with van der Waals surface area (Å²) in [4.78, 5) is 12.2. The summed E-state index contributed by atoms with van der Waals surface area (Å²) >= 11 is 1.28. The normalized spacial score (nSPS) is 10.7. The van der Waals surface area contributed by atoms with Gasteiger partial charge in [-0.2, -0.15) is 0 Å². The highest BCUT2D eigenvalue weighted by Crippen LogP contribution is 2.36. The van der Waals surface area contributed by atoms with Crippen LogP contribution in [0.4, 0.5) is 10.7 Å².